The summed E-state index contributed by atoms with van der Waals surface area (Å²) in [6, 6.07) is 16.1. The third-order valence-electron chi connectivity index (χ3n) is 3.25. The van der Waals surface area contributed by atoms with Crippen LogP contribution in [-0.4, -0.2) is 9.97 Å². The Kier molecular flexibility index (Phi) is 3.52. The number of anilines is 1. The highest BCUT2D eigenvalue weighted by molar-refractivity contribution is 6.28. The summed E-state index contributed by atoms with van der Waals surface area (Å²) in [6.45, 7) is 2.70. The lowest BCUT2D eigenvalue weighted by Crippen LogP contribution is -2.04. The number of para-hydroxylation sites is 2. The van der Waals surface area contributed by atoms with Crippen LogP contribution < -0.4 is 5.32 Å². The normalized spacial score (nSPS) is 10.7. The Labute approximate surface area is 122 Å². The van der Waals surface area contributed by atoms with Gasteiger partial charge in [0.2, 0.25) is 5.28 Å². The molecule has 0 saturated heterocycles. The van der Waals surface area contributed by atoms with Gasteiger partial charge >= 0.3 is 0 Å². The second-order valence-corrected chi connectivity index (χ2v) is 4.96. The highest BCUT2D eigenvalue weighted by Crippen LogP contribution is 2.20. The van der Waals surface area contributed by atoms with Crippen LogP contribution in [0.2, 0.25) is 5.28 Å². The zero-order valence-electron chi connectivity index (χ0n) is 11.1. The molecule has 1 aromatic heterocycles. The molecule has 0 amide bonds. The van der Waals surface area contributed by atoms with E-state index in [4.69, 9.17) is 11.6 Å². The van der Waals surface area contributed by atoms with Crippen molar-refractivity contribution in [1.82, 2.24) is 9.97 Å². The van der Waals surface area contributed by atoms with E-state index in [1.807, 2.05) is 36.4 Å². The number of halogens is 1. The molecule has 2 aromatic carbocycles. The monoisotopic (exact) mass is 283 g/mol. The van der Waals surface area contributed by atoms with Crippen molar-refractivity contribution < 1.29 is 0 Å². The summed E-state index contributed by atoms with van der Waals surface area (Å²) >= 11 is 5.99. The lowest BCUT2D eigenvalue weighted by molar-refractivity contribution is 1.04. The zero-order chi connectivity index (χ0) is 13.9. The standard InChI is InChI=1S/C16H14ClN3/c1-11-6-2-4-8-13(11)18-10-15-12-7-3-5-9-14(12)19-16(17)20-15/h2-9,18H,10H2,1H3. The summed E-state index contributed by atoms with van der Waals surface area (Å²) in [5.41, 5.74) is 4.08. The van der Waals surface area contributed by atoms with Crippen LogP contribution in [-0.2, 0) is 6.54 Å². The highest BCUT2D eigenvalue weighted by Gasteiger charge is 2.06. The number of nitrogens with one attached hydrogen (secondary N) is 1. The van der Waals surface area contributed by atoms with Crippen LogP contribution in [0.3, 0.4) is 0 Å². The maximum Gasteiger partial charge on any atom is 0.223 e. The van der Waals surface area contributed by atoms with Crippen molar-refractivity contribution in [3.63, 3.8) is 0 Å². The smallest absolute Gasteiger partial charge is 0.223 e. The average molecular weight is 284 g/mol. The second-order valence-electron chi connectivity index (χ2n) is 4.62. The fourth-order valence-corrected chi connectivity index (χ4v) is 2.39. The highest BCUT2D eigenvalue weighted by atomic mass is 35.5. The molecule has 0 aliphatic carbocycles. The van der Waals surface area contributed by atoms with E-state index in [1.165, 1.54) is 5.56 Å². The molecular formula is C16H14ClN3. The van der Waals surface area contributed by atoms with Gasteiger partial charge in [-0.3, -0.25) is 0 Å². The number of nitrogens with zero attached hydrogens (tertiary/aromatic N) is 2. The van der Waals surface area contributed by atoms with Crippen molar-refractivity contribution in [2.24, 2.45) is 0 Å². The first-order valence-electron chi connectivity index (χ1n) is 6.45. The number of rotatable bonds is 3. The van der Waals surface area contributed by atoms with Crippen LogP contribution in [0.5, 0.6) is 0 Å². The molecule has 20 heavy (non-hydrogen) atoms. The molecule has 0 aliphatic rings. The molecule has 1 N–H and O–H groups in total. The van der Waals surface area contributed by atoms with E-state index in [0.29, 0.717) is 6.54 Å². The van der Waals surface area contributed by atoms with Gasteiger partial charge in [0, 0.05) is 11.1 Å². The molecule has 100 valence electrons. The Balaban J connectivity index is 1.93. The fourth-order valence-electron chi connectivity index (χ4n) is 2.20. The van der Waals surface area contributed by atoms with Crippen molar-refractivity contribution in [1.29, 1.82) is 0 Å². The predicted octanol–water partition coefficient (Wildman–Crippen LogP) is 4.20. The van der Waals surface area contributed by atoms with Gasteiger partial charge in [0.1, 0.15) is 0 Å². The second kappa shape index (κ2) is 5.47. The zero-order valence-corrected chi connectivity index (χ0v) is 11.9. The summed E-state index contributed by atoms with van der Waals surface area (Å²) < 4.78 is 0. The van der Waals surface area contributed by atoms with Gasteiger partial charge in [0.05, 0.1) is 17.8 Å². The van der Waals surface area contributed by atoms with E-state index in [9.17, 15) is 0 Å². The van der Waals surface area contributed by atoms with E-state index >= 15 is 0 Å². The number of fused-ring (bicyclic) bond motifs is 1. The molecule has 0 spiro atoms. The Morgan fingerprint density at radius 2 is 1.75 bits per heavy atom. The summed E-state index contributed by atoms with van der Waals surface area (Å²) in [4.78, 5) is 8.57. The predicted molar refractivity (Wildman–Crippen MR) is 83.1 cm³/mol. The molecule has 4 heteroatoms. The van der Waals surface area contributed by atoms with E-state index in [1.54, 1.807) is 0 Å². The van der Waals surface area contributed by atoms with Crippen molar-refractivity contribution in [3.8, 4) is 0 Å². The third kappa shape index (κ3) is 2.58. The van der Waals surface area contributed by atoms with Crippen LogP contribution in [0.1, 0.15) is 11.3 Å². The van der Waals surface area contributed by atoms with Gasteiger partial charge in [0.15, 0.2) is 0 Å². The van der Waals surface area contributed by atoms with Crippen molar-refractivity contribution >= 4 is 28.2 Å². The molecule has 0 unspecified atom stereocenters. The van der Waals surface area contributed by atoms with Crippen molar-refractivity contribution in [3.05, 3.63) is 65.1 Å². The maximum absolute atomic E-state index is 5.99. The lowest BCUT2D eigenvalue weighted by Gasteiger charge is -2.10. The van der Waals surface area contributed by atoms with Crippen molar-refractivity contribution in [2.45, 2.75) is 13.5 Å². The first-order valence-corrected chi connectivity index (χ1v) is 6.82. The summed E-state index contributed by atoms with van der Waals surface area (Å²) in [6.07, 6.45) is 0. The quantitative estimate of drug-likeness (QED) is 0.732. The van der Waals surface area contributed by atoms with Gasteiger partial charge in [-0.15, -0.1) is 0 Å². The molecule has 3 aromatic rings. The molecule has 3 nitrogen and oxygen atoms in total. The third-order valence-corrected chi connectivity index (χ3v) is 3.42. The molecular weight excluding hydrogens is 270 g/mol. The Morgan fingerprint density at radius 3 is 2.60 bits per heavy atom. The van der Waals surface area contributed by atoms with Crippen LogP contribution in [0.4, 0.5) is 5.69 Å². The molecule has 0 aliphatic heterocycles. The number of hydrogen-bond donors (Lipinski definition) is 1. The van der Waals surface area contributed by atoms with Crippen molar-refractivity contribution in [2.75, 3.05) is 5.32 Å². The molecule has 0 atom stereocenters. The van der Waals surface area contributed by atoms with Gasteiger partial charge in [0.25, 0.3) is 0 Å². The summed E-state index contributed by atoms with van der Waals surface area (Å²) in [7, 11) is 0. The average Bonchev–Trinajstić information content (AvgIpc) is 2.46. The van der Waals surface area contributed by atoms with Gasteiger partial charge in [-0.1, -0.05) is 36.4 Å². The van der Waals surface area contributed by atoms with Crippen LogP contribution in [0.15, 0.2) is 48.5 Å². The summed E-state index contributed by atoms with van der Waals surface area (Å²) in [5.74, 6) is 0. The van der Waals surface area contributed by atoms with Gasteiger partial charge in [-0.05, 0) is 36.2 Å². The fraction of sp³-hybridized carbons (Fsp3) is 0.125. The van der Waals surface area contributed by atoms with Gasteiger partial charge < -0.3 is 5.32 Å². The minimum absolute atomic E-state index is 0.283. The molecule has 1 heterocycles. The number of hydrogen-bond acceptors (Lipinski definition) is 3. The minimum atomic E-state index is 0.283. The van der Waals surface area contributed by atoms with Crippen LogP contribution in [0, 0.1) is 6.92 Å². The maximum atomic E-state index is 5.99. The van der Waals surface area contributed by atoms with Gasteiger partial charge in [-0.25, -0.2) is 9.97 Å². The largest absolute Gasteiger partial charge is 0.379 e. The van der Waals surface area contributed by atoms with E-state index < -0.39 is 0 Å². The minimum Gasteiger partial charge on any atom is -0.379 e. The van der Waals surface area contributed by atoms with Gasteiger partial charge in [-0.2, -0.15) is 0 Å². The van der Waals surface area contributed by atoms with E-state index in [-0.39, 0.29) is 5.28 Å². The molecule has 0 bridgehead atoms. The molecule has 0 saturated carbocycles. The van der Waals surface area contributed by atoms with Crippen LogP contribution >= 0.6 is 11.6 Å². The number of benzene rings is 2. The lowest BCUT2D eigenvalue weighted by atomic mass is 10.1. The molecule has 0 fully saturated rings. The number of aryl methyl sites for hydroxylation is 1. The number of aromatic nitrogens is 2. The first kappa shape index (κ1) is 12.9. The molecule has 0 radical (unpaired) electrons. The first-order chi connectivity index (χ1) is 9.74. The topological polar surface area (TPSA) is 37.8 Å². The van der Waals surface area contributed by atoms with E-state index in [0.717, 1.165) is 22.3 Å². The molecule has 3 rings (SSSR count). The summed E-state index contributed by atoms with van der Waals surface area (Å²) in [5, 5.41) is 4.71. The Morgan fingerprint density at radius 1 is 1.00 bits per heavy atom. The van der Waals surface area contributed by atoms with Crippen LogP contribution in [0.25, 0.3) is 10.9 Å². The Hall–Kier alpha value is -2.13. The van der Waals surface area contributed by atoms with E-state index in [2.05, 4.69) is 34.3 Å². The SMILES string of the molecule is Cc1ccccc1NCc1nc(Cl)nc2ccccc12. The Bertz CT molecular complexity index is 756.